The molecule has 4 heterocycles. The SMILES string of the molecule is CCOc1ccc(C(=O)Nc2ccc([C@@H]3O[C@H]4CN[C@@H]3C4)cc2)cc1.O=C(Nc1ccc([C@H]2O[C@@H]3CN[C@H]2C3)cc1)c1ccc(OCC2CC2)cc1. The summed E-state index contributed by atoms with van der Waals surface area (Å²) in [6.45, 7) is 5.23. The zero-order chi connectivity index (χ0) is 35.4. The third-order valence-electron chi connectivity index (χ3n) is 10.4. The van der Waals surface area contributed by atoms with Gasteiger partial charge in [0.05, 0.1) is 37.6 Å². The lowest BCUT2D eigenvalue weighted by Crippen LogP contribution is -2.33. The summed E-state index contributed by atoms with van der Waals surface area (Å²) in [5, 5.41) is 12.9. The number of amides is 2. The number of nitrogens with one attached hydrogen (secondary N) is 4. The van der Waals surface area contributed by atoms with Crippen LogP contribution in [0.1, 0.15) is 76.7 Å². The molecule has 6 atom stereocenters. The number of morpholine rings is 2. The summed E-state index contributed by atoms with van der Waals surface area (Å²) in [5.41, 5.74) is 5.10. The highest BCUT2D eigenvalue weighted by Crippen LogP contribution is 2.38. The van der Waals surface area contributed by atoms with Crippen molar-refractivity contribution in [2.75, 3.05) is 36.9 Å². The maximum absolute atomic E-state index is 12.5. The van der Waals surface area contributed by atoms with Gasteiger partial charge in [-0.3, -0.25) is 9.59 Å². The number of ether oxygens (including phenoxy) is 4. The van der Waals surface area contributed by atoms with Crippen LogP contribution in [-0.2, 0) is 9.47 Å². The van der Waals surface area contributed by atoms with Gasteiger partial charge in [-0.05, 0) is 122 Å². The first kappa shape index (κ1) is 34.4. The molecular formula is C42H46N4O6. The van der Waals surface area contributed by atoms with E-state index < -0.39 is 0 Å². The lowest BCUT2D eigenvalue weighted by Gasteiger charge is -2.23. The average molecular weight is 703 g/mol. The lowest BCUT2D eigenvalue weighted by atomic mass is 10.0. The minimum absolute atomic E-state index is 0.116. The Labute approximate surface area is 304 Å². The van der Waals surface area contributed by atoms with Gasteiger partial charge in [0.15, 0.2) is 0 Å². The van der Waals surface area contributed by atoms with E-state index in [1.54, 1.807) is 36.4 Å². The number of hydrogen-bond donors (Lipinski definition) is 4. The van der Waals surface area contributed by atoms with Crippen molar-refractivity contribution in [1.82, 2.24) is 10.6 Å². The third-order valence-corrected chi connectivity index (χ3v) is 10.4. The van der Waals surface area contributed by atoms with Crippen molar-refractivity contribution in [3.05, 3.63) is 119 Å². The topological polar surface area (TPSA) is 119 Å². The Balaban J connectivity index is 0.000000149. The van der Waals surface area contributed by atoms with E-state index in [-0.39, 0.29) is 24.0 Å². The first-order valence-electron chi connectivity index (χ1n) is 18.5. The molecule has 4 aliphatic heterocycles. The summed E-state index contributed by atoms with van der Waals surface area (Å²) in [6.07, 6.45) is 5.63. The second-order valence-corrected chi connectivity index (χ2v) is 14.2. The summed E-state index contributed by atoms with van der Waals surface area (Å²) in [6, 6.07) is 31.2. The van der Waals surface area contributed by atoms with Crippen molar-refractivity contribution >= 4 is 23.2 Å². The maximum atomic E-state index is 12.5. The summed E-state index contributed by atoms with van der Waals surface area (Å²) in [5.74, 6) is 2.06. The van der Waals surface area contributed by atoms with Gasteiger partial charge >= 0.3 is 0 Å². The minimum atomic E-state index is -0.131. The highest BCUT2D eigenvalue weighted by atomic mass is 16.5. The molecule has 4 saturated heterocycles. The largest absolute Gasteiger partial charge is 0.494 e. The molecule has 0 aromatic heterocycles. The highest BCUT2D eigenvalue weighted by molar-refractivity contribution is 6.05. The molecular weight excluding hydrogens is 656 g/mol. The van der Waals surface area contributed by atoms with Crippen LogP contribution in [0.3, 0.4) is 0 Å². The predicted molar refractivity (Wildman–Crippen MR) is 199 cm³/mol. The Hall–Kier alpha value is -4.74. The molecule has 2 amide bonds. The molecule has 10 heteroatoms. The number of carbonyl (C=O) groups is 2. The van der Waals surface area contributed by atoms with Crippen molar-refractivity contribution in [3.8, 4) is 11.5 Å². The Bertz CT molecular complexity index is 1830. The average Bonchev–Trinajstić information content (AvgIpc) is 3.51. The quantitative estimate of drug-likeness (QED) is 0.137. The second kappa shape index (κ2) is 15.5. The maximum Gasteiger partial charge on any atom is 0.255 e. The fourth-order valence-electron chi connectivity index (χ4n) is 7.35. The molecule has 4 N–H and O–H groups in total. The Morgan fingerprint density at radius 3 is 1.44 bits per heavy atom. The van der Waals surface area contributed by atoms with E-state index in [2.05, 4.69) is 21.3 Å². The molecule has 0 unspecified atom stereocenters. The molecule has 0 radical (unpaired) electrons. The zero-order valence-corrected chi connectivity index (χ0v) is 29.4. The van der Waals surface area contributed by atoms with E-state index >= 15 is 0 Å². The van der Waals surface area contributed by atoms with Crippen LogP contribution >= 0.6 is 0 Å². The van der Waals surface area contributed by atoms with Gasteiger partial charge in [-0.1, -0.05) is 24.3 Å². The van der Waals surface area contributed by atoms with Crippen LogP contribution in [0, 0.1) is 5.92 Å². The van der Waals surface area contributed by atoms with Crippen molar-refractivity contribution in [2.24, 2.45) is 5.92 Å². The van der Waals surface area contributed by atoms with Crippen molar-refractivity contribution in [1.29, 1.82) is 0 Å². The van der Waals surface area contributed by atoms with Crippen LogP contribution in [0.4, 0.5) is 11.4 Å². The third kappa shape index (κ3) is 8.16. The fourth-order valence-corrected chi connectivity index (χ4v) is 7.35. The molecule has 4 aromatic carbocycles. The van der Waals surface area contributed by atoms with Gasteiger partial charge in [0.25, 0.3) is 11.8 Å². The number of benzene rings is 4. The van der Waals surface area contributed by atoms with Crippen LogP contribution < -0.4 is 30.7 Å². The summed E-state index contributed by atoms with van der Waals surface area (Å²) >= 11 is 0. The first-order valence-corrected chi connectivity index (χ1v) is 18.5. The zero-order valence-electron chi connectivity index (χ0n) is 29.4. The predicted octanol–water partition coefficient (Wildman–Crippen LogP) is 6.67. The molecule has 1 aliphatic carbocycles. The molecule has 1 saturated carbocycles. The molecule has 52 heavy (non-hydrogen) atoms. The van der Waals surface area contributed by atoms with Gasteiger partial charge < -0.3 is 40.2 Å². The van der Waals surface area contributed by atoms with E-state index in [4.69, 9.17) is 18.9 Å². The Morgan fingerprint density at radius 1 is 0.635 bits per heavy atom. The van der Waals surface area contributed by atoms with E-state index in [0.29, 0.717) is 42.0 Å². The number of anilines is 2. The van der Waals surface area contributed by atoms with Crippen molar-refractivity contribution in [3.63, 3.8) is 0 Å². The van der Waals surface area contributed by atoms with E-state index in [1.165, 1.54) is 12.8 Å². The van der Waals surface area contributed by atoms with Gasteiger partial charge in [-0.25, -0.2) is 0 Å². The number of hydrogen-bond acceptors (Lipinski definition) is 8. The van der Waals surface area contributed by atoms with E-state index in [0.717, 1.165) is 72.5 Å². The van der Waals surface area contributed by atoms with Gasteiger partial charge in [0, 0.05) is 47.7 Å². The highest BCUT2D eigenvalue weighted by Gasteiger charge is 2.42. The molecule has 270 valence electrons. The number of rotatable bonds is 11. The standard InChI is InChI=1S/C22H24N2O3.C20H22N2O3/c25-22(16-5-9-18(10-6-16)26-13-14-1-2-14)24-17-7-3-15(4-8-17)21-20-11-19(27-21)12-23-20;1-2-24-16-9-5-14(6-10-16)20(23)22-15-7-3-13(4-8-15)19-18-11-17(25-19)12-21-18/h3-10,14,19-21,23H,1-2,11-13H2,(H,24,25);3-10,17-19,21H,2,11-12H2,1H3,(H,22,23)/t19-,20-,21+;17-,18-,19+/m01/s1. The van der Waals surface area contributed by atoms with E-state index in [9.17, 15) is 9.59 Å². The van der Waals surface area contributed by atoms with Crippen LogP contribution in [0.25, 0.3) is 0 Å². The van der Waals surface area contributed by atoms with E-state index in [1.807, 2.05) is 67.6 Å². The van der Waals surface area contributed by atoms with Gasteiger partial charge in [0.1, 0.15) is 11.5 Å². The minimum Gasteiger partial charge on any atom is -0.494 e. The fraction of sp³-hybridized carbons (Fsp3) is 0.381. The van der Waals surface area contributed by atoms with Crippen LogP contribution in [0.15, 0.2) is 97.1 Å². The summed E-state index contributed by atoms with van der Waals surface area (Å²) < 4.78 is 23.1. The van der Waals surface area contributed by atoms with Gasteiger partial charge in [0.2, 0.25) is 0 Å². The van der Waals surface area contributed by atoms with Gasteiger partial charge in [-0.15, -0.1) is 0 Å². The molecule has 4 aromatic rings. The lowest BCUT2D eigenvalue weighted by molar-refractivity contribution is 0.0159. The number of fused-ring (bicyclic) bond motifs is 4. The Kier molecular flexibility index (Phi) is 10.2. The number of carbonyl (C=O) groups excluding carboxylic acids is 2. The molecule has 9 rings (SSSR count). The first-order chi connectivity index (χ1) is 25.5. The summed E-state index contributed by atoms with van der Waals surface area (Å²) in [4.78, 5) is 24.8. The smallest absolute Gasteiger partial charge is 0.255 e. The molecule has 5 aliphatic rings. The van der Waals surface area contributed by atoms with Crippen LogP contribution in [0.2, 0.25) is 0 Å². The van der Waals surface area contributed by atoms with Gasteiger partial charge in [-0.2, -0.15) is 0 Å². The second-order valence-electron chi connectivity index (χ2n) is 14.2. The normalized spacial score (nSPS) is 25.2. The van der Waals surface area contributed by atoms with Crippen molar-refractivity contribution in [2.45, 2.75) is 69.1 Å². The van der Waals surface area contributed by atoms with Crippen LogP contribution in [0.5, 0.6) is 11.5 Å². The summed E-state index contributed by atoms with van der Waals surface area (Å²) in [7, 11) is 0. The molecule has 5 fully saturated rings. The Morgan fingerprint density at radius 2 is 1.08 bits per heavy atom. The monoisotopic (exact) mass is 702 g/mol. The van der Waals surface area contributed by atoms with Crippen LogP contribution in [-0.4, -0.2) is 62.4 Å². The van der Waals surface area contributed by atoms with Crippen molar-refractivity contribution < 1.29 is 28.5 Å². The molecule has 4 bridgehead atoms. The molecule has 0 spiro atoms. The molecule has 10 nitrogen and oxygen atoms in total.